The molecule has 1 rings (SSSR count). The van der Waals surface area contributed by atoms with Crippen molar-refractivity contribution in [1.29, 1.82) is 0 Å². The summed E-state index contributed by atoms with van der Waals surface area (Å²) in [6.45, 7) is 2.22. The molecule has 0 aromatic carbocycles. The monoisotopic (exact) mass is 244 g/mol. The maximum atomic E-state index is 4.14. The van der Waals surface area contributed by atoms with Gasteiger partial charge in [0.2, 0.25) is 0 Å². The average molecular weight is 245 g/mol. The molecule has 2 nitrogen and oxygen atoms in total. The van der Waals surface area contributed by atoms with Gasteiger partial charge in [-0.25, -0.2) is 0 Å². The fourth-order valence-corrected chi connectivity index (χ4v) is 2.07. The van der Waals surface area contributed by atoms with Gasteiger partial charge in [0.05, 0.1) is 6.20 Å². The summed E-state index contributed by atoms with van der Waals surface area (Å²) < 4.78 is 1.86. The van der Waals surface area contributed by atoms with Crippen molar-refractivity contribution in [2.24, 2.45) is 7.05 Å². The second-order valence-corrected chi connectivity index (χ2v) is 4.74. The molecule has 1 atom stereocenters. The summed E-state index contributed by atoms with van der Waals surface area (Å²) in [5.41, 5.74) is 1.34. The molecule has 0 radical (unpaired) electrons. The standard InChI is InChI=1S/C10H17BrN2/c1-3-4-10(11)6-5-9-7-12-13(2)8-9/h7-8,10H,3-6H2,1-2H3. The zero-order chi connectivity index (χ0) is 9.68. The van der Waals surface area contributed by atoms with Crippen LogP contribution in [0.4, 0.5) is 0 Å². The van der Waals surface area contributed by atoms with Crippen molar-refractivity contribution < 1.29 is 0 Å². The predicted molar refractivity (Wildman–Crippen MR) is 59.2 cm³/mol. The van der Waals surface area contributed by atoms with Crippen molar-refractivity contribution in [3.63, 3.8) is 0 Å². The molecule has 1 aromatic heterocycles. The SMILES string of the molecule is CCCC(Br)CCc1cnn(C)c1. The van der Waals surface area contributed by atoms with Gasteiger partial charge < -0.3 is 0 Å². The van der Waals surface area contributed by atoms with Gasteiger partial charge in [-0.15, -0.1) is 0 Å². The number of alkyl halides is 1. The Morgan fingerprint density at radius 1 is 1.54 bits per heavy atom. The summed E-state index contributed by atoms with van der Waals surface area (Å²) in [5, 5.41) is 4.14. The van der Waals surface area contributed by atoms with Crippen molar-refractivity contribution in [2.45, 2.75) is 37.4 Å². The van der Waals surface area contributed by atoms with Crippen LogP contribution in [0.5, 0.6) is 0 Å². The predicted octanol–water partition coefficient (Wildman–Crippen LogP) is 2.92. The van der Waals surface area contributed by atoms with Crippen LogP contribution in [0.1, 0.15) is 31.7 Å². The topological polar surface area (TPSA) is 17.8 Å². The van der Waals surface area contributed by atoms with E-state index >= 15 is 0 Å². The fraction of sp³-hybridized carbons (Fsp3) is 0.700. The van der Waals surface area contributed by atoms with E-state index in [9.17, 15) is 0 Å². The Labute approximate surface area is 88.5 Å². The zero-order valence-corrected chi connectivity index (χ0v) is 9.92. The number of rotatable bonds is 5. The minimum Gasteiger partial charge on any atom is -0.276 e. The third-order valence-corrected chi connectivity index (χ3v) is 3.02. The van der Waals surface area contributed by atoms with E-state index in [0.717, 1.165) is 6.42 Å². The zero-order valence-electron chi connectivity index (χ0n) is 8.33. The molecule has 0 N–H and O–H groups in total. The lowest BCUT2D eigenvalue weighted by molar-refractivity contribution is 0.692. The molecule has 1 unspecified atom stereocenters. The van der Waals surface area contributed by atoms with Crippen molar-refractivity contribution >= 4 is 15.9 Å². The highest BCUT2D eigenvalue weighted by molar-refractivity contribution is 9.09. The molecule has 0 fully saturated rings. The highest BCUT2D eigenvalue weighted by Crippen LogP contribution is 2.15. The molecule has 0 spiro atoms. The van der Waals surface area contributed by atoms with E-state index < -0.39 is 0 Å². The molecule has 13 heavy (non-hydrogen) atoms. The van der Waals surface area contributed by atoms with Gasteiger partial charge >= 0.3 is 0 Å². The molecule has 0 aliphatic rings. The Bertz CT molecular complexity index is 245. The van der Waals surface area contributed by atoms with Crippen LogP contribution in [0.3, 0.4) is 0 Å². The van der Waals surface area contributed by atoms with Crippen LogP contribution >= 0.6 is 15.9 Å². The first kappa shape index (κ1) is 10.8. The van der Waals surface area contributed by atoms with E-state index in [1.165, 1.54) is 24.8 Å². The minimum atomic E-state index is 0.665. The normalized spacial score (nSPS) is 13.2. The van der Waals surface area contributed by atoms with Crippen molar-refractivity contribution in [2.75, 3.05) is 0 Å². The summed E-state index contributed by atoms with van der Waals surface area (Å²) in [7, 11) is 1.96. The summed E-state index contributed by atoms with van der Waals surface area (Å²) >= 11 is 3.68. The smallest absolute Gasteiger partial charge is 0.0521 e. The van der Waals surface area contributed by atoms with Gasteiger partial charge in [0.15, 0.2) is 0 Å². The first-order valence-corrected chi connectivity index (χ1v) is 5.75. The van der Waals surface area contributed by atoms with Gasteiger partial charge in [0.1, 0.15) is 0 Å². The Morgan fingerprint density at radius 2 is 2.31 bits per heavy atom. The molecule has 0 aliphatic carbocycles. The molecule has 0 saturated heterocycles. The van der Waals surface area contributed by atoms with E-state index in [1.54, 1.807) is 0 Å². The lowest BCUT2D eigenvalue weighted by Gasteiger charge is -2.05. The number of aryl methyl sites for hydroxylation is 2. The first-order valence-electron chi connectivity index (χ1n) is 4.84. The van der Waals surface area contributed by atoms with Crippen LogP contribution in [-0.4, -0.2) is 14.6 Å². The Morgan fingerprint density at radius 3 is 2.85 bits per heavy atom. The van der Waals surface area contributed by atoms with Gasteiger partial charge in [0, 0.05) is 18.1 Å². The van der Waals surface area contributed by atoms with Crippen LogP contribution in [0.2, 0.25) is 0 Å². The second-order valence-electron chi connectivity index (χ2n) is 3.45. The average Bonchev–Trinajstić information content (AvgIpc) is 2.49. The minimum absolute atomic E-state index is 0.665. The second kappa shape index (κ2) is 5.43. The van der Waals surface area contributed by atoms with Crippen LogP contribution < -0.4 is 0 Å². The summed E-state index contributed by atoms with van der Waals surface area (Å²) in [5.74, 6) is 0. The van der Waals surface area contributed by atoms with E-state index in [0.29, 0.717) is 4.83 Å². The molecule has 74 valence electrons. The molecule has 1 aromatic rings. The van der Waals surface area contributed by atoms with Crippen molar-refractivity contribution in [1.82, 2.24) is 9.78 Å². The Kier molecular flexibility index (Phi) is 4.50. The van der Waals surface area contributed by atoms with E-state index in [1.807, 2.05) is 17.9 Å². The quantitative estimate of drug-likeness (QED) is 0.729. The molecular weight excluding hydrogens is 228 g/mol. The largest absolute Gasteiger partial charge is 0.276 e. The lowest BCUT2D eigenvalue weighted by Crippen LogP contribution is -1.98. The third-order valence-electron chi connectivity index (χ3n) is 2.11. The van der Waals surface area contributed by atoms with E-state index in [4.69, 9.17) is 0 Å². The fourth-order valence-electron chi connectivity index (χ4n) is 1.38. The summed E-state index contributed by atoms with van der Waals surface area (Å²) in [4.78, 5) is 0.665. The van der Waals surface area contributed by atoms with Crippen LogP contribution in [0, 0.1) is 0 Å². The number of hydrogen-bond donors (Lipinski definition) is 0. The molecular formula is C10H17BrN2. The first-order chi connectivity index (χ1) is 6.22. The van der Waals surface area contributed by atoms with Crippen molar-refractivity contribution in [3.8, 4) is 0 Å². The van der Waals surface area contributed by atoms with Gasteiger partial charge in [-0.2, -0.15) is 5.10 Å². The number of hydrogen-bond acceptors (Lipinski definition) is 1. The molecule has 0 saturated carbocycles. The highest BCUT2D eigenvalue weighted by Gasteiger charge is 2.03. The number of halogens is 1. The molecule has 1 heterocycles. The van der Waals surface area contributed by atoms with Gasteiger partial charge in [-0.3, -0.25) is 4.68 Å². The molecule has 0 bridgehead atoms. The maximum Gasteiger partial charge on any atom is 0.0521 e. The van der Waals surface area contributed by atoms with E-state index in [2.05, 4.69) is 34.1 Å². The Balaban J connectivity index is 2.26. The van der Waals surface area contributed by atoms with Gasteiger partial charge in [0.25, 0.3) is 0 Å². The van der Waals surface area contributed by atoms with Gasteiger partial charge in [-0.1, -0.05) is 29.3 Å². The Hall–Kier alpha value is -0.310. The van der Waals surface area contributed by atoms with Crippen LogP contribution in [0.15, 0.2) is 12.4 Å². The number of nitrogens with zero attached hydrogens (tertiary/aromatic N) is 2. The molecule has 3 heteroatoms. The summed E-state index contributed by atoms with van der Waals surface area (Å²) in [6.07, 6.45) is 8.89. The molecule has 0 aliphatic heterocycles. The highest BCUT2D eigenvalue weighted by atomic mass is 79.9. The molecule has 0 amide bonds. The summed E-state index contributed by atoms with van der Waals surface area (Å²) in [6, 6.07) is 0. The third kappa shape index (κ3) is 3.94. The van der Waals surface area contributed by atoms with E-state index in [-0.39, 0.29) is 0 Å². The maximum absolute atomic E-state index is 4.14. The van der Waals surface area contributed by atoms with Crippen molar-refractivity contribution in [3.05, 3.63) is 18.0 Å². The van der Waals surface area contributed by atoms with Gasteiger partial charge in [-0.05, 0) is 24.8 Å². The van der Waals surface area contributed by atoms with Crippen LogP contribution in [0.25, 0.3) is 0 Å². The lowest BCUT2D eigenvalue weighted by atomic mass is 10.1. The number of aromatic nitrogens is 2. The van der Waals surface area contributed by atoms with Crippen LogP contribution in [-0.2, 0) is 13.5 Å².